The molecule has 1 aliphatic rings. The molecule has 1 saturated heterocycles. The van der Waals surface area contributed by atoms with Crippen molar-refractivity contribution >= 4 is 28.7 Å². The molecule has 0 spiro atoms. The Hall–Kier alpha value is -2.27. The fraction of sp³-hybridized carbons (Fsp3) is 0.381. The van der Waals surface area contributed by atoms with Crippen molar-refractivity contribution in [2.45, 2.75) is 20.8 Å². The van der Waals surface area contributed by atoms with Crippen LogP contribution in [0.5, 0.6) is 5.75 Å². The van der Waals surface area contributed by atoms with Gasteiger partial charge in [0.05, 0.1) is 6.61 Å². The minimum Gasteiger partial charge on any atom is -0.494 e. The Morgan fingerprint density at radius 1 is 1.04 bits per heavy atom. The number of nitrogens with one attached hydrogen (secondary N) is 1. The van der Waals surface area contributed by atoms with Gasteiger partial charge in [0.1, 0.15) is 5.75 Å². The number of hydrogen-bond donors (Lipinski definition) is 1. The van der Waals surface area contributed by atoms with Crippen molar-refractivity contribution in [1.82, 2.24) is 4.90 Å². The Labute approximate surface area is 161 Å². The smallest absolute Gasteiger partial charge is 0.173 e. The van der Waals surface area contributed by atoms with Gasteiger partial charge in [-0.15, -0.1) is 0 Å². The summed E-state index contributed by atoms with van der Waals surface area (Å²) in [6, 6.07) is 14.6. The van der Waals surface area contributed by atoms with Gasteiger partial charge in [-0.25, -0.2) is 0 Å². The lowest BCUT2D eigenvalue weighted by Gasteiger charge is -2.38. The van der Waals surface area contributed by atoms with Gasteiger partial charge in [-0.05, 0) is 74.4 Å². The van der Waals surface area contributed by atoms with Gasteiger partial charge in [-0.2, -0.15) is 0 Å². The van der Waals surface area contributed by atoms with E-state index >= 15 is 0 Å². The summed E-state index contributed by atoms with van der Waals surface area (Å²) in [7, 11) is 0. The lowest BCUT2D eigenvalue weighted by Crippen LogP contribution is -2.50. The molecule has 1 fully saturated rings. The molecule has 0 aliphatic carbocycles. The first-order valence-electron chi connectivity index (χ1n) is 9.18. The predicted octanol–water partition coefficient (Wildman–Crippen LogP) is 4.22. The molecule has 3 rings (SSSR count). The van der Waals surface area contributed by atoms with E-state index in [1.54, 1.807) is 0 Å². The van der Waals surface area contributed by atoms with E-state index in [2.05, 4.69) is 47.2 Å². The minimum absolute atomic E-state index is 0.676. The number of hydrogen-bond acceptors (Lipinski definition) is 3. The average Bonchev–Trinajstić information content (AvgIpc) is 2.66. The average molecular weight is 370 g/mol. The first-order valence-corrected chi connectivity index (χ1v) is 9.58. The topological polar surface area (TPSA) is 27.7 Å². The second kappa shape index (κ2) is 8.41. The summed E-state index contributed by atoms with van der Waals surface area (Å²) in [5.41, 5.74) is 4.98. The van der Waals surface area contributed by atoms with Crippen LogP contribution >= 0.6 is 12.2 Å². The number of thiocarbonyl (C=S) groups is 1. The Balaban J connectivity index is 1.55. The molecule has 1 aliphatic heterocycles. The molecular weight excluding hydrogens is 342 g/mol. The van der Waals surface area contributed by atoms with E-state index in [1.807, 2.05) is 31.2 Å². The second-order valence-corrected chi connectivity index (χ2v) is 7.04. The minimum atomic E-state index is 0.676. The van der Waals surface area contributed by atoms with E-state index in [-0.39, 0.29) is 0 Å². The predicted molar refractivity (Wildman–Crippen MR) is 114 cm³/mol. The Kier molecular flexibility index (Phi) is 5.99. The van der Waals surface area contributed by atoms with Crippen molar-refractivity contribution in [3.63, 3.8) is 0 Å². The number of anilines is 2. The third-order valence-electron chi connectivity index (χ3n) is 4.69. The third-order valence-corrected chi connectivity index (χ3v) is 5.05. The molecule has 0 saturated carbocycles. The normalized spacial score (nSPS) is 14.3. The van der Waals surface area contributed by atoms with Crippen LogP contribution in [0.15, 0.2) is 42.5 Å². The largest absolute Gasteiger partial charge is 0.494 e. The molecule has 5 heteroatoms. The van der Waals surface area contributed by atoms with Gasteiger partial charge in [0, 0.05) is 37.6 Å². The molecule has 26 heavy (non-hydrogen) atoms. The second-order valence-electron chi connectivity index (χ2n) is 6.65. The number of rotatable bonds is 4. The van der Waals surface area contributed by atoms with Crippen molar-refractivity contribution < 1.29 is 4.74 Å². The first-order chi connectivity index (χ1) is 12.6. The molecule has 0 atom stereocenters. The van der Waals surface area contributed by atoms with Crippen molar-refractivity contribution in [3.8, 4) is 5.75 Å². The molecule has 0 bridgehead atoms. The summed E-state index contributed by atoms with van der Waals surface area (Å²) in [6.07, 6.45) is 0. The third kappa shape index (κ3) is 4.47. The quantitative estimate of drug-likeness (QED) is 0.815. The highest BCUT2D eigenvalue weighted by molar-refractivity contribution is 7.80. The van der Waals surface area contributed by atoms with Crippen LogP contribution in [0.3, 0.4) is 0 Å². The summed E-state index contributed by atoms with van der Waals surface area (Å²) in [5.74, 6) is 0.881. The van der Waals surface area contributed by atoms with E-state index < -0.39 is 0 Å². The summed E-state index contributed by atoms with van der Waals surface area (Å²) >= 11 is 5.61. The highest BCUT2D eigenvalue weighted by Gasteiger charge is 2.20. The maximum absolute atomic E-state index is 5.61. The number of ether oxygens (including phenoxy) is 1. The highest BCUT2D eigenvalue weighted by Crippen LogP contribution is 2.23. The number of benzene rings is 2. The van der Waals surface area contributed by atoms with E-state index in [9.17, 15) is 0 Å². The molecule has 0 radical (unpaired) electrons. The van der Waals surface area contributed by atoms with Crippen LogP contribution in [0.25, 0.3) is 0 Å². The first kappa shape index (κ1) is 18.5. The van der Waals surface area contributed by atoms with Crippen molar-refractivity contribution in [3.05, 3.63) is 53.6 Å². The van der Waals surface area contributed by atoms with Crippen molar-refractivity contribution in [2.24, 2.45) is 0 Å². The summed E-state index contributed by atoms with van der Waals surface area (Å²) < 4.78 is 5.48. The van der Waals surface area contributed by atoms with Crippen molar-refractivity contribution in [2.75, 3.05) is 43.0 Å². The van der Waals surface area contributed by atoms with Gasteiger partial charge in [0.25, 0.3) is 0 Å². The summed E-state index contributed by atoms with van der Waals surface area (Å²) in [4.78, 5) is 4.70. The monoisotopic (exact) mass is 369 g/mol. The molecule has 1 heterocycles. The summed E-state index contributed by atoms with van der Waals surface area (Å²) in [6.45, 7) is 10.8. The molecule has 2 aromatic carbocycles. The van der Waals surface area contributed by atoms with Crippen LogP contribution in [-0.2, 0) is 0 Å². The molecule has 0 aromatic heterocycles. The van der Waals surface area contributed by atoms with Crippen LogP contribution in [0.1, 0.15) is 18.1 Å². The van der Waals surface area contributed by atoms with Crippen LogP contribution in [-0.4, -0.2) is 42.8 Å². The summed E-state index contributed by atoms with van der Waals surface area (Å²) in [5, 5.41) is 4.13. The number of nitrogens with zero attached hydrogens (tertiary/aromatic N) is 2. The van der Waals surface area contributed by atoms with Gasteiger partial charge in [-0.1, -0.05) is 12.1 Å². The SMILES string of the molecule is CCOc1ccc(NC(=S)N2CCN(c3cc(C)ccc3C)CC2)cc1. The van der Waals surface area contributed by atoms with E-state index in [0.717, 1.165) is 42.7 Å². The van der Waals surface area contributed by atoms with Crippen LogP contribution in [0, 0.1) is 13.8 Å². The number of aryl methyl sites for hydroxylation is 2. The van der Waals surface area contributed by atoms with E-state index in [0.29, 0.717) is 6.61 Å². The molecule has 4 nitrogen and oxygen atoms in total. The zero-order chi connectivity index (χ0) is 18.5. The van der Waals surface area contributed by atoms with Crippen LogP contribution in [0.2, 0.25) is 0 Å². The fourth-order valence-corrected chi connectivity index (χ4v) is 3.51. The Bertz CT molecular complexity index is 752. The standard InChI is InChI=1S/C21H27N3OS/c1-4-25-19-9-7-18(8-10-19)22-21(26)24-13-11-23(12-14-24)20-15-16(2)5-6-17(20)3/h5-10,15H,4,11-14H2,1-3H3,(H,22,26). The Morgan fingerprint density at radius 2 is 1.73 bits per heavy atom. The van der Waals surface area contributed by atoms with Gasteiger partial charge in [-0.3, -0.25) is 0 Å². The number of piperazine rings is 1. The van der Waals surface area contributed by atoms with Crippen LogP contribution in [0.4, 0.5) is 11.4 Å². The van der Waals surface area contributed by atoms with Gasteiger partial charge in [0.15, 0.2) is 5.11 Å². The zero-order valence-corrected chi connectivity index (χ0v) is 16.6. The zero-order valence-electron chi connectivity index (χ0n) is 15.8. The molecule has 138 valence electrons. The van der Waals surface area contributed by atoms with Gasteiger partial charge >= 0.3 is 0 Å². The molecule has 0 amide bonds. The van der Waals surface area contributed by atoms with E-state index in [4.69, 9.17) is 17.0 Å². The van der Waals surface area contributed by atoms with Crippen molar-refractivity contribution in [1.29, 1.82) is 0 Å². The lowest BCUT2D eigenvalue weighted by molar-refractivity contribution is 0.340. The van der Waals surface area contributed by atoms with Gasteiger partial charge in [0.2, 0.25) is 0 Å². The maximum atomic E-state index is 5.61. The van der Waals surface area contributed by atoms with E-state index in [1.165, 1.54) is 16.8 Å². The molecule has 1 N–H and O–H groups in total. The molecule has 0 unspecified atom stereocenters. The van der Waals surface area contributed by atoms with Gasteiger partial charge < -0.3 is 19.9 Å². The molecular formula is C21H27N3OS. The lowest BCUT2D eigenvalue weighted by atomic mass is 10.1. The van der Waals surface area contributed by atoms with Crippen LogP contribution < -0.4 is 15.0 Å². The Morgan fingerprint density at radius 3 is 2.38 bits per heavy atom. The maximum Gasteiger partial charge on any atom is 0.173 e. The fourth-order valence-electron chi connectivity index (χ4n) is 3.21. The highest BCUT2D eigenvalue weighted by atomic mass is 32.1. The molecule has 2 aromatic rings.